The zero-order valence-electron chi connectivity index (χ0n) is 13.7. The Labute approximate surface area is 144 Å². The van der Waals surface area contributed by atoms with Crippen molar-refractivity contribution in [2.24, 2.45) is 0 Å². The van der Waals surface area contributed by atoms with Gasteiger partial charge >= 0.3 is 6.18 Å². The second-order valence-electron chi connectivity index (χ2n) is 6.68. The number of piperidine rings is 1. The second-order valence-corrected chi connectivity index (χ2v) is 6.68. The van der Waals surface area contributed by atoms with Crippen LogP contribution in [0.2, 0.25) is 0 Å². The lowest BCUT2D eigenvalue weighted by atomic mass is 9.89. The smallest absolute Gasteiger partial charge is 0.381 e. The summed E-state index contributed by atoms with van der Waals surface area (Å²) in [6.07, 6.45) is -3.54. The van der Waals surface area contributed by atoms with Gasteiger partial charge in [0, 0.05) is 30.7 Å². The molecule has 2 aromatic carbocycles. The van der Waals surface area contributed by atoms with Gasteiger partial charge in [0.25, 0.3) is 0 Å². The first-order valence-electron chi connectivity index (χ1n) is 8.52. The fraction of sp³-hybridized carbons (Fsp3) is 0.368. The summed E-state index contributed by atoms with van der Waals surface area (Å²) in [5.74, 6) is 0.0864. The van der Waals surface area contributed by atoms with E-state index in [1.807, 2.05) is 36.4 Å². The monoisotopic (exact) mass is 347 g/mol. The van der Waals surface area contributed by atoms with E-state index in [0.29, 0.717) is 18.8 Å². The number of rotatable bonds is 3. The molecule has 1 fully saturated rings. The molecule has 2 aliphatic heterocycles. The number of halogens is 3. The number of benzene rings is 2. The van der Waals surface area contributed by atoms with E-state index < -0.39 is 11.7 Å². The van der Waals surface area contributed by atoms with Crippen molar-refractivity contribution in [3.63, 3.8) is 0 Å². The van der Waals surface area contributed by atoms with E-state index in [0.717, 1.165) is 24.1 Å². The molecule has 6 heteroatoms. The molecule has 2 aliphatic rings. The highest BCUT2D eigenvalue weighted by atomic mass is 19.4. The molecule has 0 amide bonds. The lowest BCUT2D eigenvalue weighted by molar-refractivity contribution is -0.136. The predicted molar refractivity (Wildman–Crippen MR) is 92.9 cm³/mol. The summed E-state index contributed by atoms with van der Waals surface area (Å²) >= 11 is 0. The van der Waals surface area contributed by atoms with Crippen molar-refractivity contribution < 1.29 is 13.2 Å². The molecule has 2 atom stereocenters. The molecule has 0 radical (unpaired) electrons. The lowest BCUT2D eigenvalue weighted by Crippen LogP contribution is -2.38. The van der Waals surface area contributed by atoms with Crippen LogP contribution in [0.5, 0.6) is 0 Å². The molecule has 3 N–H and O–H groups in total. The first kappa shape index (κ1) is 16.3. The van der Waals surface area contributed by atoms with Gasteiger partial charge in [0.2, 0.25) is 0 Å². The number of hydrogen-bond acceptors (Lipinski definition) is 3. The Morgan fingerprint density at radius 3 is 2.68 bits per heavy atom. The first-order valence-corrected chi connectivity index (χ1v) is 8.52. The fourth-order valence-electron chi connectivity index (χ4n) is 3.79. The van der Waals surface area contributed by atoms with E-state index in [1.54, 1.807) is 0 Å². The highest BCUT2D eigenvalue weighted by molar-refractivity contribution is 5.71. The van der Waals surface area contributed by atoms with Crippen molar-refractivity contribution in [1.82, 2.24) is 5.32 Å². The van der Waals surface area contributed by atoms with Gasteiger partial charge in [-0.15, -0.1) is 0 Å². The van der Waals surface area contributed by atoms with Crippen molar-refractivity contribution in [3.8, 4) is 0 Å². The van der Waals surface area contributed by atoms with Crippen LogP contribution >= 0.6 is 0 Å². The van der Waals surface area contributed by atoms with Crippen molar-refractivity contribution in [2.45, 2.75) is 31.1 Å². The Bertz CT molecular complexity index is 758. The van der Waals surface area contributed by atoms with Crippen LogP contribution in [0.15, 0.2) is 42.5 Å². The zero-order chi connectivity index (χ0) is 17.4. The minimum absolute atomic E-state index is 0.0849. The summed E-state index contributed by atoms with van der Waals surface area (Å²) in [6, 6.07) is 12.8. The van der Waals surface area contributed by atoms with Crippen molar-refractivity contribution in [2.75, 3.05) is 23.7 Å². The standard InChI is InChI=1S/C19H20F3N3/c20-19(21,22)16-9-13(24-10-12-4-2-1-3-5-12)8-14-15-11-23-7-6-17(15)25-18(14)16/h1-5,8-9,15,17,23-25H,6-7,10-11H2. The highest BCUT2D eigenvalue weighted by Crippen LogP contribution is 2.47. The largest absolute Gasteiger partial charge is 0.418 e. The van der Waals surface area contributed by atoms with Crippen molar-refractivity contribution in [1.29, 1.82) is 0 Å². The third kappa shape index (κ3) is 3.18. The average Bonchev–Trinajstić information content (AvgIpc) is 2.98. The summed E-state index contributed by atoms with van der Waals surface area (Å²) in [5.41, 5.74) is 2.00. The zero-order valence-corrected chi connectivity index (χ0v) is 13.7. The van der Waals surface area contributed by atoms with Gasteiger partial charge < -0.3 is 16.0 Å². The van der Waals surface area contributed by atoms with E-state index >= 15 is 0 Å². The molecule has 0 aliphatic carbocycles. The molecule has 25 heavy (non-hydrogen) atoms. The fourth-order valence-corrected chi connectivity index (χ4v) is 3.79. The number of nitrogens with one attached hydrogen (secondary N) is 3. The van der Waals surface area contributed by atoms with Gasteiger partial charge in [0.15, 0.2) is 0 Å². The van der Waals surface area contributed by atoms with Crippen LogP contribution in [-0.4, -0.2) is 19.1 Å². The van der Waals surface area contributed by atoms with Crippen LogP contribution in [0, 0.1) is 0 Å². The summed E-state index contributed by atoms with van der Waals surface area (Å²) < 4.78 is 40.7. The second kappa shape index (κ2) is 6.26. The quantitative estimate of drug-likeness (QED) is 0.779. The summed E-state index contributed by atoms with van der Waals surface area (Å²) in [5, 5.41) is 9.57. The molecule has 0 saturated carbocycles. The molecule has 0 bridgehead atoms. The Morgan fingerprint density at radius 2 is 1.92 bits per heavy atom. The molecule has 2 aromatic rings. The minimum Gasteiger partial charge on any atom is -0.381 e. The molecule has 2 unspecified atom stereocenters. The maximum Gasteiger partial charge on any atom is 0.418 e. The van der Waals surface area contributed by atoms with Crippen LogP contribution in [-0.2, 0) is 12.7 Å². The van der Waals surface area contributed by atoms with Gasteiger partial charge in [-0.1, -0.05) is 30.3 Å². The number of anilines is 2. The third-order valence-electron chi connectivity index (χ3n) is 5.02. The summed E-state index contributed by atoms with van der Waals surface area (Å²) in [4.78, 5) is 0. The van der Waals surface area contributed by atoms with Crippen molar-refractivity contribution in [3.05, 3.63) is 59.2 Å². The van der Waals surface area contributed by atoms with E-state index in [1.165, 1.54) is 6.07 Å². The lowest BCUT2D eigenvalue weighted by Gasteiger charge is -2.26. The summed E-state index contributed by atoms with van der Waals surface area (Å²) in [6.45, 7) is 2.05. The van der Waals surface area contributed by atoms with Gasteiger partial charge in [0.1, 0.15) is 0 Å². The van der Waals surface area contributed by atoms with Gasteiger partial charge in [-0.25, -0.2) is 0 Å². The van der Waals surface area contributed by atoms with Crippen LogP contribution < -0.4 is 16.0 Å². The van der Waals surface area contributed by atoms with Gasteiger partial charge in [0.05, 0.1) is 11.3 Å². The number of hydrogen-bond donors (Lipinski definition) is 3. The maximum absolute atomic E-state index is 13.6. The molecular formula is C19H20F3N3. The van der Waals surface area contributed by atoms with Gasteiger partial charge in [-0.3, -0.25) is 0 Å². The maximum atomic E-state index is 13.6. The molecule has 4 rings (SSSR count). The van der Waals surface area contributed by atoms with Gasteiger partial charge in [-0.2, -0.15) is 13.2 Å². The SMILES string of the molecule is FC(F)(F)c1cc(NCc2ccccc2)cc2c1NC1CCNCC21. The Morgan fingerprint density at radius 1 is 1.12 bits per heavy atom. The van der Waals surface area contributed by atoms with Crippen molar-refractivity contribution >= 4 is 11.4 Å². The van der Waals surface area contributed by atoms with Gasteiger partial charge in [-0.05, 0) is 36.2 Å². The first-order chi connectivity index (χ1) is 12.0. The molecule has 2 heterocycles. The molecule has 3 nitrogen and oxygen atoms in total. The molecule has 1 saturated heterocycles. The van der Waals surface area contributed by atoms with Crippen LogP contribution in [0.25, 0.3) is 0 Å². The Balaban J connectivity index is 1.67. The molecule has 0 aromatic heterocycles. The molecular weight excluding hydrogens is 327 g/mol. The van der Waals surface area contributed by atoms with E-state index in [-0.39, 0.29) is 17.6 Å². The average molecular weight is 347 g/mol. The van der Waals surface area contributed by atoms with Crippen LogP contribution in [0.1, 0.15) is 29.0 Å². The predicted octanol–water partition coefficient (Wildman–Crippen LogP) is 4.19. The Kier molecular flexibility index (Phi) is 4.07. The van der Waals surface area contributed by atoms with E-state index in [2.05, 4.69) is 16.0 Å². The topological polar surface area (TPSA) is 36.1 Å². The van der Waals surface area contributed by atoms with E-state index in [9.17, 15) is 13.2 Å². The van der Waals surface area contributed by atoms with Crippen LogP contribution in [0.4, 0.5) is 24.5 Å². The number of fused-ring (bicyclic) bond motifs is 3. The van der Waals surface area contributed by atoms with E-state index in [4.69, 9.17) is 0 Å². The Hall–Kier alpha value is -2.21. The van der Waals surface area contributed by atoms with Crippen LogP contribution in [0.3, 0.4) is 0 Å². The third-order valence-corrected chi connectivity index (χ3v) is 5.02. The number of alkyl halides is 3. The normalized spacial score (nSPS) is 22.0. The highest BCUT2D eigenvalue weighted by Gasteiger charge is 2.42. The molecule has 132 valence electrons. The molecule has 0 spiro atoms. The minimum atomic E-state index is -4.37. The summed E-state index contributed by atoms with van der Waals surface area (Å²) in [7, 11) is 0.